The fourth-order valence-electron chi connectivity index (χ4n) is 1.98. The lowest BCUT2D eigenvalue weighted by Crippen LogP contribution is -2.04. The first-order valence-corrected chi connectivity index (χ1v) is 6.27. The minimum atomic E-state index is 0.0542. The van der Waals surface area contributed by atoms with Crippen LogP contribution in [-0.4, -0.2) is 15.6 Å². The van der Waals surface area contributed by atoms with Crippen molar-refractivity contribution in [2.45, 2.75) is 33.7 Å². The van der Waals surface area contributed by atoms with Crippen molar-refractivity contribution in [2.24, 2.45) is 0 Å². The smallest absolute Gasteiger partial charge is 0.196 e. The molecule has 1 aromatic carbocycles. The minimum absolute atomic E-state index is 0.0542. The van der Waals surface area contributed by atoms with Crippen LogP contribution in [0.3, 0.4) is 0 Å². The molecule has 94 valence electrons. The van der Waals surface area contributed by atoms with Gasteiger partial charge in [0, 0.05) is 18.3 Å². The number of benzene rings is 1. The van der Waals surface area contributed by atoms with Crippen LogP contribution in [0.25, 0.3) is 0 Å². The highest BCUT2D eigenvalue weighted by Crippen LogP contribution is 2.16. The molecule has 0 aliphatic heterocycles. The Morgan fingerprint density at radius 2 is 2.11 bits per heavy atom. The van der Waals surface area contributed by atoms with Gasteiger partial charge in [-0.1, -0.05) is 25.1 Å². The van der Waals surface area contributed by atoms with Crippen LogP contribution in [0.5, 0.6) is 0 Å². The zero-order chi connectivity index (χ0) is 13.1. The lowest BCUT2D eigenvalue weighted by Gasteiger charge is -2.05. The third-order valence-electron chi connectivity index (χ3n) is 3.20. The lowest BCUT2D eigenvalue weighted by atomic mass is 9.98. The third-order valence-corrected chi connectivity index (χ3v) is 3.20. The fourth-order valence-corrected chi connectivity index (χ4v) is 1.98. The molecule has 18 heavy (non-hydrogen) atoms. The van der Waals surface area contributed by atoms with Crippen LogP contribution >= 0.6 is 0 Å². The highest BCUT2D eigenvalue weighted by molar-refractivity contribution is 6.09. The number of carbonyl (C=O) groups is 1. The Hall–Kier alpha value is -1.90. The SMILES string of the molecule is CCCn1cc(C(=O)c2cccc(C)c2C)cn1. The summed E-state index contributed by atoms with van der Waals surface area (Å²) < 4.78 is 1.82. The molecule has 3 nitrogen and oxygen atoms in total. The zero-order valence-corrected chi connectivity index (χ0v) is 11.1. The number of nitrogens with zero attached hydrogens (tertiary/aromatic N) is 2. The van der Waals surface area contributed by atoms with Gasteiger partial charge in [-0.25, -0.2) is 0 Å². The molecular weight excluding hydrogens is 224 g/mol. The highest BCUT2D eigenvalue weighted by Gasteiger charge is 2.14. The summed E-state index contributed by atoms with van der Waals surface area (Å²) in [5.74, 6) is 0.0542. The van der Waals surface area contributed by atoms with Crippen LogP contribution in [0, 0.1) is 13.8 Å². The Morgan fingerprint density at radius 3 is 2.83 bits per heavy atom. The number of aromatic nitrogens is 2. The number of aryl methyl sites for hydroxylation is 2. The second kappa shape index (κ2) is 5.17. The van der Waals surface area contributed by atoms with E-state index in [1.54, 1.807) is 6.20 Å². The van der Waals surface area contributed by atoms with E-state index in [9.17, 15) is 4.79 Å². The van der Waals surface area contributed by atoms with Gasteiger partial charge in [0.1, 0.15) is 0 Å². The molecule has 0 saturated carbocycles. The molecule has 0 bridgehead atoms. The molecule has 0 aliphatic carbocycles. The van der Waals surface area contributed by atoms with Crippen LogP contribution < -0.4 is 0 Å². The molecule has 0 spiro atoms. The Morgan fingerprint density at radius 1 is 1.33 bits per heavy atom. The minimum Gasteiger partial charge on any atom is -0.288 e. The van der Waals surface area contributed by atoms with E-state index < -0.39 is 0 Å². The summed E-state index contributed by atoms with van der Waals surface area (Å²) >= 11 is 0. The van der Waals surface area contributed by atoms with Crippen molar-refractivity contribution in [1.82, 2.24) is 9.78 Å². The monoisotopic (exact) mass is 242 g/mol. The summed E-state index contributed by atoms with van der Waals surface area (Å²) in [6.45, 7) is 6.94. The molecule has 2 rings (SSSR count). The maximum atomic E-state index is 12.4. The molecule has 3 heteroatoms. The number of hydrogen-bond acceptors (Lipinski definition) is 2. The van der Waals surface area contributed by atoms with Gasteiger partial charge in [-0.15, -0.1) is 0 Å². The largest absolute Gasteiger partial charge is 0.288 e. The third kappa shape index (κ3) is 2.35. The van der Waals surface area contributed by atoms with Gasteiger partial charge in [0.2, 0.25) is 0 Å². The lowest BCUT2D eigenvalue weighted by molar-refractivity contribution is 0.103. The maximum absolute atomic E-state index is 12.4. The molecule has 0 fully saturated rings. The van der Waals surface area contributed by atoms with Gasteiger partial charge in [-0.05, 0) is 31.4 Å². The van der Waals surface area contributed by atoms with E-state index in [4.69, 9.17) is 0 Å². The quantitative estimate of drug-likeness (QED) is 0.772. The summed E-state index contributed by atoms with van der Waals surface area (Å²) in [4.78, 5) is 12.4. The predicted octanol–water partition coefficient (Wildman–Crippen LogP) is 3.14. The van der Waals surface area contributed by atoms with E-state index in [1.165, 1.54) is 0 Å². The standard InChI is InChI=1S/C15H18N2O/c1-4-8-17-10-13(9-16-17)15(18)14-7-5-6-11(2)12(14)3/h5-7,9-10H,4,8H2,1-3H3. The normalized spacial score (nSPS) is 10.6. The average Bonchev–Trinajstić information content (AvgIpc) is 2.81. The van der Waals surface area contributed by atoms with Crippen molar-refractivity contribution in [3.63, 3.8) is 0 Å². The van der Waals surface area contributed by atoms with Crippen molar-refractivity contribution < 1.29 is 4.79 Å². The van der Waals surface area contributed by atoms with Gasteiger partial charge in [-0.2, -0.15) is 5.10 Å². The second-order valence-electron chi connectivity index (χ2n) is 4.57. The second-order valence-corrected chi connectivity index (χ2v) is 4.57. The summed E-state index contributed by atoms with van der Waals surface area (Å²) in [5, 5.41) is 4.20. The van der Waals surface area contributed by atoms with Crippen molar-refractivity contribution in [3.8, 4) is 0 Å². The first-order valence-electron chi connectivity index (χ1n) is 6.27. The van der Waals surface area contributed by atoms with Gasteiger partial charge in [0.25, 0.3) is 0 Å². The molecule has 1 aromatic heterocycles. The van der Waals surface area contributed by atoms with Crippen molar-refractivity contribution in [3.05, 3.63) is 52.8 Å². The maximum Gasteiger partial charge on any atom is 0.196 e. The first kappa shape index (κ1) is 12.6. The molecule has 0 saturated heterocycles. The Bertz CT molecular complexity index is 570. The van der Waals surface area contributed by atoms with Gasteiger partial charge < -0.3 is 0 Å². The summed E-state index contributed by atoms with van der Waals surface area (Å²) in [5.41, 5.74) is 3.62. The van der Waals surface area contributed by atoms with Gasteiger partial charge >= 0.3 is 0 Å². The summed E-state index contributed by atoms with van der Waals surface area (Å²) in [7, 11) is 0. The molecule has 0 amide bonds. The average molecular weight is 242 g/mol. The zero-order valence-electron chi connectivity index (χ0n) is 11.1. The van der Waals surface area contributed by atoms with E-state index in [-0.39, 0.29) is 5.78 Å². The molecule has 0 aliphatic rings. The van der Waals surface area contributed by atoms with E-state index in [0.717, 1.165) is 29.7 Å². The number of rotatable bonds is 4. The number of hydrogen-bond donors (Lipinski definition) is 0. The van der Waals surface area contributed by atoms with Gasteiger partial charge in [-0.3, -0.25) is 9.48 Å². The number of ketones is 1. The molecule has 0 atom stereocenters. The summed E-state index contributed by atoms with van der Waals surface area (Å²) in [6.07, 6.45) is 4.49. The molecule has 2 aromatic rings. The Labute approximate surface area is 107 Å². The Balaban J connectivity index is 2.32. The van der Waals surface area contributed by atoms with Crippen LogP contribution in [0.1, 0.15) is 40.4 Å². The van der Waals surface area contributed by atoms with Crippen LogP contribution in [0.4, 0.5) is 0 Å². The number of carbonyl (C=O) groups excluding carboxylic acids is 1. The molecule has 0 radical (unpaired) electrons. The van der Waals surface area contributed by atoms with Crippen molar-refractivity contribution in [1.29, 1.82) is 0 Å². The van der Waals surface area contributed by atoms with Crippen LogP contribution in [-0.2, 0) is 6.54 Å². The van der Waals surface area contributed by atoms with E-state index >= 15 is 0 Å². The molecule has 0 unspecified atom stereocenters. The Kier molecular flexibility index (Phi) is 3.60. The first-order chi connectivity index (χ1) is 8.63. The fraction of sp³-hybridized carbons (Fsp3) is 0.333. The highest BCUT2D eigenvalue weighted by atomic mass is 16.1. The summed E-state index contributed by atoms with van der Waals surface area (Å²) in [6, 6.07) is 5.82. The van der Waals surface area contributed by atoms with Crippen LogP contribution in [0.2, 0.25) is 0 Å². The van der Waals surface area contributed by atoms with E-state index in [2.05, 4.69) is 12.0 Å². The van der Waals surface area contributed by atoms with Crippen molar-refractivity contribution >= 4 is 5.78 Å². The topological polar surface area (TPSA) is 34.9 Å². The van der Waals surface area contributed by atoms with E-state index in [0.29, 0.717) is 5.56 Å². The van der Waals surface area contributed by atoms with Crippen LogP contribution in [0.15, 0.2) is 30.6 Å². The van der Waals surface area contributed by atoms with Crippen molar-refractivity contribution in [2.75, 3.05) is 0 Å². The predicted molar refractivity (Wildman–Crippen MR) is 71.9 cm³/mol. The van der Waals surface area contributed by atoms with E-state index in [1.807, 2.05) is 42.9 Å². The van der Waals surface area contributed by atoms with Gasteiger partial charge in [0.15, 0.2) is 5.78 Å². The molecule has 1 heterocycles. The van der Waals surface area contributed by atoms with Gasteiger partial charge in [0.05, 0.1) is 11.8 Å². The molecule has 0 N–H and O–H groups in total. The molecular formula is C15H18N2O.